The molecule has 6 heteroatoms. The molecular formula is C12H16N2O4. The lowest BCUT2D eigenvalue weighted by Crippen LogP contribution is -2.13. The van der Waals surface area contributed by atoms with E-state index < -0.39 is 4.92 Å². The summed E-state index contributed by atoms with van der Waals surface area (Å²) in [4.78, 5) is 20.9. The maximum Gasteiger partial charge on any atom is 0.293 e. The molecule has 2 N–H and O–H groups in total. The Kier molecular flexibility index (Phi) is 5.26. The molecule has 0 saturated carbocycles. The summed E-state index contributed by atoms with van der Waals surface area (Å²) < 4.78 is 0. The average molecular weight is 252 g/mol. The Hall–Kier alpha value is -1.95. The van der Waals surface area contributed by atoms with Gasteiger partial charge in [-0.2, -0.15) is 0 Å². The number of nitrogens with one attached hydrogen (secondary N) is 1. The number of nitro groups is 1. The molecule has 0 bridgehead atoms. The topological polar surface area (TPSA) is 92.5 Å². The van der Waals surface area contributed by atoms with Crippen LogP contribution in [-0.2, 0) is 0 Å². The smallest absolute Gasteiger partial charge is 0.293 e. The Morgan fingerprint density at radius 1 is 1.56 bits per heavy atom. The van der Waals surface area contributed by atoms with E-state index in [1.54, 1.807) is 0 Å². The van der Waals surface area contributed by atoms with Gasteiger partial charge in [0, 0.05) is 24.8 Å². The molecule has 0 fully saturated rings. The number of rotatable bonds is 7. The zero-order chi connectivity index (χ0) is 13.5. The number of hydrogen-bond donors (Lipinski definition) is 2. The fraction of sp³-hybridized carbons (Fsp3) is 0.417. The highest BCUT2D eigenvalue weighted by atomic mass is 16.6. The molecule has 0 aliphatic heterocycles. The van der Waals surface area contributed by atoms with Crippen LogP contribution in [0.4, 0.5) is 11.4 Å². The third kappa shape index (κ3) is 3.81. The molecule has 1 atom stereocenters. The fourth-order valence-electron chi connectivity index (χ4n) is 1.53. The quantitative estimate of drug-likeness (QED) is 0.439. The van der Waals surface area contributed by atoms with Gasteiger partial charge in [0.2, 0.25) is 0 Å². The van der Waals surface area contributed by atoms with Crippen LogP contribution >= 0.6 is 0 Å². The number of aliphatic hydroxyl groups excluding tert-OH is 1. The Balaban J connectivity index is 2.81. The summed E-state index contributed by atoms with van der Waals surface area (Å²) in [5, 5.41) is 22.6. The minimum atomic E-state index is -0.522. The van der Waals surface area contributed by atoms with Gasteiger partial charge in [-0.3, -0.25) is 14.9 Å². The third-order valence-corrected chi connectivity index (χ3v) is 2.62. The highest BCUT2D eigenvalue weighted by molar-refractivity contribution is 5.79. The lowest BCUT2D eigenvalue weighted by molar-refractivity contribution is -0.384. The van der Waals surface area contributed by atoms with Crippen LogP contribution in [0.5, 0.6) is 0 Å². The van der Waals surface area contributed by atoms with E-state index in [1.165, 1.54) is 18.2 Å². The first-order chi connectivity index (χ1) is 8.58. The van der Waals surface area contributed by atoms with Gasteiger partial charge in [0.1, 0.15) is 12.0 Å². The van der Waals surface area contributed by atoms with Gasteiger partial charge in [0.15, 0.2) is 0 Å². The fourth-order valence-corrected chi connectivity index (χ4v) is 1.53. The van der Waals surface area contributed by atoms with Crippen molar-refractivity contribution in [3.8, 4) is 0 Å². The van der Waals surface area contributed by atoms with E-state index in [0.717, 1.165) is 0 Å². The maximum atomic E-state index is 10.9. The molecule has 0 amide bonds. The number of nitrogens with zero attached hydrogens (tertiary/aromatic N) is 1. The van der Waals surface area contributed by atoms with Gasteiger partial charge in [0.05, 0.1) is 4.92 Å². The molecule has 98 valence electrons. The number of carbonyl (C=O) groups is 1. The van der Waals surface area contributed by atoms with E-state index in [0.29, 0.717) is 24.9 Å². The molecule has 0 saturated heterocycles. The van der Waals surface area contributed by atoms with Crippen molar-refractivity contribution in [3.63, 3.8) is 0 Å². The predicted octanol–water partition coefficient (Wildman–Crippen LogP) is 1.84. The average Bonchev–Trinajstić information content (AvgIpc) is 2.36. The SMILES string of the molecule is CC(CCO)CNc1ccc(C=O)cc1[N+](=O)[O-]. The Bertz CT molecular complexity index is 434. The number of nitro benzene ring substituents is 1. The van der Waals surface area contributed by atoms with Crippen LogP contribution in [0.3, 0.4) is 0 Å². The van der Waals surface area contributed by atoms with Crippen molar-refractivity contribution in [3.05, 3.63) is 33.9 Å². The van der Waals surface area contributed by atoms with Crippen molar-refractivity contribution in [2.75, 3.05) is 18.5 Å². The number of anilines is 1. The standard InChI is InChI=1S/C12H16N2O4/c1-9(4-5-15)7-13-11-3-2-10(8-16)6-12(11)14(17)18/h2-3,6,8-9,13,15H,4-5,7H2,1H3. The summed E-state index contributed by atoms with van der Waals surface area (Å²) in [6.07, 6.45) is 1.21. The van der Waals surface area contributed by atoms with Gasteiger partial charge in [0.25, 0.3) is 5.69 Å². The van der Waals surface area contributed by atoms with E-state index in [-0.39, 0.29) is 23.8 Å². The molecule has 18 heavy (non-hydrogen) atoms. The van der Waals surface area contributed by atoms with E-state index in [2.05, 4.69) is 5.32 Å². The Morgan fingerprint density at radius 2 is 2.28 bits per heavy atom. The summed E-state index contributed by atoms with van der Waals surface area (Å²) in [6.45, 7) is 2.56. The Morgan fingerprint density at radius 3 is 2.83 bits per heavy atom. The summed E-state index contributed by atoms with van der Waals surface area (Å²) in [5.74, 6) is 0.209. The van der Waals surface area contributed by atoms with Crippen LogP contribution in [-0.4, -0.2) is 29.5 Å². The van der Waals surface area contributed by atoms with E-state index in [9.17, 15) is 14.9 Å². The molecular weight excluding hydrogens is 236 g/mol. The number of benzene rings is 1. The zero-order valence-electron chi connectivity index (χ0n) is 10.1. The van der Waals surface area contributed by atoms with Crippen LogP contribution in [0.15, 0.2) is 18.2 Å². The third-order valence-electron chi connectivity index (χ3n) is 2.62. The first kappa shape index (κ1) is 14.1. The van der Waals surface area contributed by atoms with Crippen molar-refractivity contribution in [2.24, 2.45) is 5.92 Å². The molecule has 6 nitrogen and oxygen atoms in total. The van der Waals surface area contributed by atoms with Gasteiger partial charge < -0.3 is 10.4 Å². The molecule has 1 aromatic carbocycles. The monoisotopic (exact) mass is 252 g/mol. The summed E-state index contributed by atoms with van der Waals surface area (Å²) in [7, 11) is 0. The second kappa shape index (κ2) is 6.70. The molecule has 1 aromatic rings. The van der Waals surface area contributed by atoms with Gasteiger partial charge >= 0.3 is 0 Å². The Labute approximate surface area is 105 Å². The van der Waals surface area contributed by atoms with Crippen molar-refractivity contribution in [1.29, 1.82) is 0 Å². The molecule has 1 rings (SSSR count). The molecule has 0 radical (unpaired) electrons. The minimum Gasteiger partial charge on any atom is -0.396 e. The van der Waals surface area contributed by atoms with E-state index in [1.807, 2.05) is 6.92 Å². The van der Waals surface area contributed by atoms with Gasteiger partial charge in [-0.05, 0) is 24.5 Å². The highest BCUT2D eigenvalue weighted by Crippen LogP contribution is 2.25. The molecule has 0 spiro atoms. The molecule has 0 aliphatic carbocycles. The normalized spacial score (nSPS) is 11.9. The van der Waals surface area contributed by atoms with Crippen LogP contribution in [0, 0.1) is 16.0 Å². The predicted molar refractivity (Wildman–Crippen MR) is 67.8 cm³/mol. The van der Waals surface area contributed by atoms with Crippen LogP contribution in [0.25, 0.3) is 0 Å². The van der Waals surface area contributed by atoms with E-state index >= 15 is 0 Å². The summed E-state index contributed by atoms with van der Waals surface area (Å²) in [5.41, 5.74) is 0.543. The minimum absolute atomic E-state index is 0.0923. The first-order valence-electron chi connectivity index (χ1n) is 5.66. The van der Waals surface area contributed by atoms with Crippen molar-refractivity contribution >= 4 is 17.7 Å². The highest BCUT2D eigenvalue weighted by Gasteiger charge is 2.14. The van der Waals surface area contributed by atoms with Gasteiger partial charge in [-0.1, -0.05) is 6.92 Å². The number of hydrogen-bond acceptors (Lipinski definition) is 5. The van der Waals surface area contributed by atoms with E-state index in [4.69, 9.17) is 5.11 Å². The zero-order valence-corrected chi connectivity index (χ0v) is 10.1. The van der Waals surface area contributed by atoms with Crippen LogP contribution in [0.2, 0.25) is 0 Å². The molecule has 0 heterocycles. The molecule has 0 aromatic heterocycles. The largest absolute Gasteiger partial charge is 0.396 e. The maximum absolute atomic E-state index is 10.9. The van der Waals surface area contributed by atoms with Gasteiger partial charge in [-0.25, -0.2) is 0 Å². The summed E-state index contributed by atoms with van der Waals surface area (Å²) >= 11 is 0. The second-order valence-corrected chi connectivity index (χ2v) is 4.15. The molecule has 0 aliphatic rings. The second-order valence-electron chi connectivity index (χ2n) is 4.15. The number of aliphatic hydroxyl groups is 1. The van der Waals surface area contributed by atoms with Crippen molar-refractivity contribution in [2.45, 2.75) is 13.3 Å². The number of aldehydes is 1. The van der Waals surface area contributed by atoms with Crippen molar-refractivity contribution < 1.29 is 14.8 Å². The van der Waals surface area contributed by atoms with Crippen LogP contribution in [0.1, 0.15) is 23.7 Å². The number of carbonyl (C=O) groups excluding carboxylic acids is 1. The van der Waals surface area contributed by atoms with Crippen molar-refractivity contribution in [1.82, 2.24) is 0 Å². The lowest BCUT2D eigenvalue weighted by Gasteiger charge is -2.12. The first-order valence-corrected chi connectivity index (χ1v) is 5.66. The molecule has 1 unspecified atom stereocenters. The van der Waals surface area contributed by atoms with Gasteiger partial charge in [-0.15, -0.1) is 0 Å². The lowest BCUT2D eigenvalue weighted by atomic mass is 10.1. The summed E-state index contributed by atoms with van der Waals surface area (Å²) in [6, 6.07) is 4.29. The van der Waals surface area contributed by atoms with Crippen LogP contribution < -0.4 is 5.32 Å².